The van der Waals surface area contributed by atoms with Gasteiger partial charge in [-0.15, -0.1) is 0 Å². The second-order valence-electron chi connectivity index (χ2n) is 3.47. The van der Waals surface area contributed by atoms with Crippen molar-refractivity contribution in [3.63, 3.8) is 0 Å². The normalized spacial score (nSPS) is 10.6. The van der Waals surface area contributed by atoms with Gasteiger partial charge in [-0.3, -0.25) is 4.79 Å². The summed E-state index contributed by atoms with van der Waals surface area (Å²) in [5, 5.41) is 13.1. The first-order chi connectivity index (χ1) is 8.15. The molecule has 0 amide bonds. The van der Waals surface area contributed by atoms with Crippen molar-refractivity contribution in [3.05, 3.63) is 29.9 Å². The third-order valence-electron chi connectivity index (χ3n) is 2.01. The Morgan fingerprint density at radius 1 is 1.65 bits per heavy atom. The van der Waals surface area contributed by atoms with E-state index in [9.17, 15) is 4.79 Å². The lowest BCUT2D eigenvalue weighted by molar-refractivity contribution is -0.133. The highest BCUT2D eigenvalue weighted by molar-refractivity contribution is 7.99. The highest BCUT2D eigenvalue weighted by atomic mass is 32.2. The van der Waals surface area contributed by atoms with Gasteiger partial charge in [0.05, 0.1) is 18.0 Å². The molecule has 2 aromatic heterocycles. The molecule has 1 N–H and O–H groups in total. The van der Waals surface area contributed by atoms with E-state index < -0.39 is 5.97 Å². The van der Waals surface area contributed by atoms with E-state index in [-0.39, 0.29) is 5.75 Å². The molecule has 17 heavy (non-hydrogen) atoms. The smallest absolute Gasteiger partial charge is 0.313 e. The predicted molar refractivity (Wildman–Crippen MR) is 60.9 cm³/mol. The Balaban J connectivity index is 2.12. The van der Waals surface area contributed by atoms with Crippen molar-refractivity contribution in [1.29, 1.82) is 0 Å². The highest BCUT2D eigenvalue weighted by Gasteiger charge is 2.10. The fourth-order valence-electron chi connectivity index (χ4n) is 1.37. The third-order valence-corrected chi connectivity index (χ3v) is 2.98. The number of rotatable bonds is 5. The maximum Gasteiger partial charge on any atom is 0.313 e. The Bertz CT molecular complexity index is 507. The van der Waals surface area contributed by atoms with Crippen LogP contribution >= 0.6 is 11.8 Å². The maximum absolute atomic E-state index is 10.5. The molecule has 0 aliphatic rings. The zero-order chi connectivity index (χ0) is 12.3. The number of aryl methyl sites for hydroxylation is 1. The van der Waals surface area contributed by atoms with Gasteiger partial charge in [0, 0.05) is 12.3 Å². The molecule has 0 aromatic carbocycles. The number of hydrogen-bond acceptors (Lipinski definition) is 5. The second-order valence-corrected chi connectivity index (χ2v) is 4.41. The minimum atomic E-state index is -0.858. The van der Waals surface area contributed by atoms with Crippen molar-refractivity contribution >= 4 is 17.7 Å². The molecule has 0 radical (unpaired) electrons. The van der Waals surface area contributed by atoms with Gasteiger partial charge in [0.1, 0.15) is 12.0 Å². The first-order valence-electron chi connectivity index (χ1n) is 4.93. The lowest BCUT2D eigenvalue weighted by Gasteiger charge is -2.03. The quantitative estimate of drug-likeness (QED) is 0.811. The molecule has 0 aliphatic heterocycles. The fraction of sp³-hybridized carbons (Fsp3) is 0.300. The number of carboxylic acids is 1. The van der Waals surface area contributed by atoms with Gasteiger partial charge in [-0.2, -0.15) is 0 Å². The van der Waals surface area contributed by atoms with Crippen LogP contribution in [0.1, 0.15) is 11.4 Å². The third kappa shape index (κ3) is 3.10. The van der Waals surface area contributed by atoms with E-state index in [4.69, 9.17) is 9.63 Å². The lowest BCUT2D eigenvalue weighted by atomic mass is 10.4. The van der Waals surface area contributed by atoms with Crippen molar-refractivity contribution < 1.29 is 14.4 Å². The molecule has 7 heteroatoms. The molecule has 2 rings (SSSR count). The monoisotopic (exact) mass is 253 g/mol. The lowest BCUT2D eigenvalue weighted by Crippen LogP contribution is -2.03. The Morgan fingerprint density at radius 2 is 2.47 bits per heavy atom. The Kier molecular flexibility index (Phi) is 3.48. The molecule has 0 unspecified atom stereocenters. The van der Waals surface area contributed by atoms with Crippen LogP contribution in [0.3, 0.4) is 0 Å². The van der Waals surface area contributed by atoms with Gasteiger partial charge in [-0.25, -0.2) is 4.98 Å². The van der Waals surface area contributed by atoms with Crippen LogP contribution in [-0.4, -0.2) is 31.5 Å². The number of imidazole rings is 1. The molecule has 0 bridgehead atoms. The van der Waals surface area contributed by atoms with Crippen LogP contribution in [0.5, 0.6) is 0 Å². The van der Waals surface area contributed by atoms with Crippen LogP contribution in [0.15, 0.2) is 28.2 Å². The molecule has 0 saturated heterocycles. The van der Waals surface area contributed by atoms with Gasteiger partial charge in [0.25, 0.3) is 0 Å². The zero-order valence-corrected chi connectivity index (χ0v) is 9.98. The van der Waals surface area contributed by atoms with Gasteiger partial charge in [-0.05, 0) is 6.92 Å². The van der Waals surface area contributed by atoms with Crippen molar-refractivity contribution in [2.75, 3.05) is 5.75 Å². The second kappa shape index (κ2) is 5.05. The van der Waals surface area contributed by atoms with Crippen LogP contribution in [-0.2, 0) is 11.3 Å². The molecular formula is C10H11N3O3S. The first kappa shape index (κ1) is 11.7. The SMILES string of the molecule is Cc1cn(Cc2ccon2)c(SCC(=O)O)n1. The number of thioether (sulfide) groups is 1. The molecule has 6 nitrogen and oxygen atoms in total. The van der Waals surface area contributed by atoms with E-state index >= 15 is 0 Å². The number of aliphatic carboxylic acids is 1. The van der Waals surface area contributed by atoms with E-state index in [1.807, 2.05) is 17.7 Å². The maximum atomic E-state index is 10.5. The van der Waals surface area contributed by atoms with Crippen molar-refractivity contribution in [1.82, 2.24) is 14.7 Å². The summed E-state index contributed by atoms with van der Waals surface area (Å²) in [6, 6.07) is 1.76. The fourth-order valence-corrected chi connectivity index (χ4v) is 2.12. The van der Waals surface area contributed by atoms with Crippen LogP contribution < -0.4 is 0 Å². The molecule has 2 heterocycles. The number of carbonyl (C=O) groups is 1. The largest absolute Gasteiger partial charge is 0.481 e. The molecular weight excluding hydrogens is 242 g/mol. The molecule has 0 saturated carbocycles. The molecule has 90 valence electrons. The van der Waals surface area contributed by atoms with E-state index in [0.29, 0.717) is 11.7 Å². The summed E-state index contributed by atoms with van der Waals surface area (Å²) >= 11 is 1.19. The summed E-state index contributed by atoms with van der Waals surface area (Å²) in [6.07, 6.45) is 3.36. The topological polar surface area (TPSA) is 81.2 Å². The van der Waals surface area contributed by atoms with Gasteiger partial charge in [-0.1, -0.05) is 16.9 Å². The molecule has 0 fully saturated rings. The van der Waals surface area contributed by atoms with E-state index in [1.54, 1.807) is 6.07 Å². The van der Waals surface area contributed by atoms with Crippen LogP contribution in [0.2, 0.25) is 0 Å². The summed E-state index contributed by atoms with van der Waals surface area (Å²) in [7, 11) is 0. The van der Waals surface area contributed by atoms with Gasteiger partial charge in [0.2, 0.25) is 0 Å². The van der Waals surface area contributed by atoms with Crippen molar-refractivity contribution in [2.24, 2.45) is 0 Å². The standard InChI is InChI=1S/C10H11N3O3S/c1-7-4-13(5-8-2-3-16-12-8)10(11-7)17-6-9(14)15/h2-4H,5-6H2,1H3,(H,14,15). The minimum Gasteiger partial charge on any atom is -0.481 e. The molecule has 0 atom stereocenters. The first-order valence-corrected chi connectivity index (χ1v) is 5.91. The van der Waals surface area contributed by atoms with Gasteiger partial charge in [0.15, 0.2) is 5.16 Å². The zero-order valence-electron chi connectivity index (χ0n) is 9.16. The number of aromatic nitrogens is 3. The van der Waals surface area contributed by atoms with Crippen LogP contribution in [0.25, 0.3) is 0 Å². The van der Waals surface area contributed by atoms with Gasteiger partial charge < -0.3 is 14.2 Å². The summed E-state index contributed by atoms with van der Waals surface area (Å²) in [6.45, 7) is 2.39. The number of nitrogens with zero attached hydrogens (tertiary/aromatic N) is 3. The Morgan fingerprint density at radius 3 is 3.12 bits per heavy atom. The van der Waals surface area contributed by atoms with Crippen LogP contribution in [0, 0.1) is 6.92 Å². The van der Waals surface area contributed by atoms with E-state index in [1.165, 1.54) is 18.0 Å². The van der Waals surface area contributed by atoms with Crippen molar-refractivity contribution in [2.45, 2.75) is 18.6 Å². The minimum absolute atomic E-state index is 0.00469. The summed E-state index contributed by atoms with van der Waals surface area (Å²) < 4.78 is 6.61. The number of hydrogen-bond donors (Lipinski definition) is 1. The molecule has 0 aliphatic carbocycles. The average molecular weight is 253 g/mol. The number of carboxylic acid groups (broad SMARTS) is 1. The Labute approximate surface area is 102 Å². The summed E-state index contributed by atoms with van der Waals surface area (Å²) in [5.74, 6) is -0.862. The average Bonchev–Trinajstić information content (AvgIpc) is 2.86. The highest BCUT2D eigenvalue weighted by Crippen LogP contribution is 2.18. The van der Waals surface area contributed by atoms with Crippen molar-refractivity contribution in [3.8, 4) is 0 Å². The summed E-state index contributed by atoms with van der Waals surface area (Å²) in [5.41, 5.74) is 1.63. The molecule has 0 spiro atoms. The Hall–Kier alpha value is -1.76. The predicted octanol–water partition coefficient (Wildman–Crippen LogP) is 1.40. The van der Waals surface area contributed by atoms with Crippen LogP contribution in [0.4, 0.5) is 0 Å². The molecule has 2 aromatic rings. The van der Waals surface area contributed by atoms with E-state index in [0.717, 1.165) is 11.4 Å². The van der Waals surface area contributed by atoms with Gasteiger partial charge >= 0.3 is 5.97 Å². The summed E-state index contributed by atoms with van der Waals surface area (Å²) in [4.78, 5) is 14.8. The van der Waals surface area contributed by atoms with E-state index in [2.05, 4.69) is 10.1 Å².